The second-order valence-corrected chi connectivity index (χ2v) is 6.19. The predicted molar refractivity (Wildman–Crippen MR) is 98.6 cm³/mol. The van der Waals surface area contributed by atoms with Crippen molar-refractivity contribution < 1.29 is 13.9 Å². The van der Waals surface area contributed by atoms with Gasteiger partial charge < -0.3 is 19.0 Å². The van der Waals surface area contributed by atoms with Gasteiger partial charge in [0.25, 0.3) is 0 Å². The summed E-state index contributed by atoms with van der Waals surface area (Å²) in [5.74, 6) is 0.885. The number of ether oxygens (including phenoxy) is 1. The molecule has 0 spiro atoms. The van der Waals surface area contributed by atoms with Gasteiger partial charge in [0.2, 0.25) is 5.91 Å². The molecule has 3 rings (SSSR count). The molecule has 0 saturated heterocycles. The molecule has 1 aromatic carbocycles. The van der Waals surface area contributed by atoms with Crippen molar-refractivity contribution in [3.8, 4) is 0 Å². The molecule has 0 fully saturated rings. The summed E-state index contributed by atoms with van der Waals surface area (Å²) in [6.45, 7) is 2.75. The Balaban J connectivity index is 1.56. The van der Waals surface area contributed by atoms with Crippen molar-refractivity contribution in [2.24, 2.45) is 0 Å². The van der Waals surface area contributed by atoms with E-state index in [4.69, 9.17) is 9.15 Å². The van der Waals surface area contributed by atoms with Gasteiger partial charge >= 0.3 is 0 Å². The summed E-state index contributed by atoms with van der Waals surface area (Å²) in [7, 11) is 0. The number of nitrogens with one attached hydrogen (secondary N) is 1. The Bertz CT molecular complexity index is 780. The zero-order chi connectivity index (χ0) is 18.2. The highest BCUT2D eigenvalue weighted by molar-refractivity contribution is 5.88. The van der Waals surface area contributed by atoms with Crippen LogP contribution in [0.5, 0.6) is 0 Å². The topological polar surface area (TPSA) is 69.3 Å². The molecule has 26 heavy (non-hydrogen) atoms. The van der Waals surface area contributed by atoms with E-state index >= 15 is 0 Å². The van der Waals surface area contributed by atoms with E-state index in [0.717, 1.165) is 36.4 Å². The predicted octanol–water partition coefficient (Wildman–Crippen LogP) is 3.65. The number of carbonyl (C=O) groups excluding carboxylic acids is 1. The van der Waals surface area contributed by atoms with E-state index in [-0.39, 0.29) is 12.0 Å². The highest BCUT2D eigenvalue weighted by Gasteiger charge is 2.12. The fraction of sp³-hybridized carbons (Fsp3) is 0.300. The van der Waals surface area contributed by atoms with Crippen LogP contribution in [0.25, 0.3) is 0 Å². The maximum Gasteiger partial charge on any atom is 0.221 e. The molecular weight excluding hydrogens is 330 g/mol. The largest absolute Gasteiger partial charge is 0.469 e. The number of imidazole rings is 1. The van der Waals surface area contributed by atoms with Gasteiger partial charge in [0.1, 0.15) is 5.76 Å². The zero-order valence-electron chi connectivity index (χ0n) is 14.8. The average Bonchev–Trinajstić information content (AvgIpc) is 3.32. The third kappa shape index (κ3) is 5.60. The minimum Gasteiger partial charge on any atom is -0.469 e. The Morgan fingerprint density at radius 2 is 2.15 bits per heavy atom. The third-order valence-electron chi connectivity index (χ3n) is 4.03. The molecular formula is C20H23N3O3. The second kappa shape index (κ2) is 9.01. The number of aryl methyl sites for hydroxylation is 1. The first-order valence-electron chi connectivity index (χ1n) is 8.65. The fourth-order valence-corrected chi connectivity index (χ4v) is 2.72. The lowest BCUT2D eigenvalue weighted by atomic mass is 10.1. The van der Waals surface area contributed by atoms with Crippen molar-refractivity contribution in [2.75, 3.05) is 5.32 Å². The smallest absolute Gasteiger partial charge is 0.221 e. The Kier molecular flexibility index (Phi) is 6.22. The highest BCUT2D eigenvalue weighted by atomic mass is 16.5. The van der Waals surface area contributed by atoms with Crippen LogP contribution in [0.15, 0.2) is 65.8 Å². The van der Waals surface area contributed by atoms with Gasteiger partial charge in [-0.05, 0) is 36.2 Å². The quantitative estimate of drug-likeness (QED) is 0.637. The molecule has 0 aliphatic carbocycles. The molecule has 2 aromatic heterocycles. The molecule has 2 heterocycles. The fourth-order valence-electron chi connectivity index (χ4n) is 2.72. The number of aromatic nitrogens is 2. The monoisotopic (exact) mass is 353 g/mol. The molecule has 6 nitrogen and oxygen atoms in total. The van der Waals surface area contributed by atoms with E-state index < -0.39 is 0 Å². The van der Waals surface area contributed by atoms with Crippen LogP contribution in [-0.2, 0) is 29.1 Å². The number of amides is 1. The molecule has 0 aliphatic rings. The number of carbonyl (C=O) groups is 1. The molecule has 3 aromatic rings. The lowest BCUT2D eigenvalue weighted by Crippen LogP contribution is -2.20. The molecule has 1 N–H and O–H groups in total. The van der Waals surface area contributed by atoms with Crippen molar-refractivity contribution in [1.82, 2.24) is 9.55 Å². The summed E-state index contributed by atoms with van der Waals surface area (Å²) in [6, 6.07) is 11.6. The summed E-state index contributed by atoms with van der Waals surface area (Å²) in [5, 5.41) is 2.76. The SMILES string of the molecule is CC(=O)Nc1ccc(COC(CCc2ccco2)Cn2ccnc2)cc1. The molecule has 0 saturated carbocycles. The van der Waals surface area contributed by atoms with Crippen LogP contribution in [-0.4, -0.2) is 21.6 Å². The Morgan fingerprint density at radius 1 is 1.31 bits per heavy atom. The second-order valence-electron chi connectivity index (χ2n) is 6.19. The standard InChI is InChI=1S/C20H23N3O3/c1-16(24)22-18-6-4-17(5-7-18)14-26-20(13-23-11-10-21-15-23)9-8-19-3-2-12-25-19/h2-7,10-12,15,20H,8-9,13-14H2,1H3,(H,22,24). The first kappa shape index (κ1) is 17.9. The van der Waals surface area contributed by atoms with Crippen LogP contribution in [0.1, 0.15) is 24.7 Å². The van der Waals surface area contributed by atoms with Crippen LogP contribution in [0.2, 0.25) is 0 Å². The summed E-state index contributed by atoms with van der Waals surface area (Å²) in [6.07, 6.45) is 8.92. The van der Waals surface area contributed by atoms with E-state index in [1.165, 1.54) is 6.92 Å². The number of hydrogen-bond acceptors (Lipinski definition) is 4. The Morgan fingerprint density at radius 3 is 2.81 bits per heavy atom. The third-order valence-corrected chi connectivity index (χ3v) is 4.03. The first-order chi connectivity index (χ1) is 12.7. The van der Waals surface area contributed by atoms with E-state index in [1.807, 2.05) is 47.2 Å². The van der Waals surface area contributed by atoms with E-state index in [0.29, 0.717) is 6.61 Å². The van der Waals surface area contributed by atoms with Gasteiger partial charge in [-0.15, -0.1) is 0 Å². The summed E-state index contributed by atoms with van der Waals surface area (Å²) < 4.78 is 13.6. The van der Waals surface area contributed by atoms with E-state index in [9.17, 15) is 4.79 Å². The van der Waals surface area contributed by atoms with Crippen molar-refractivity contribution in [2.45, 2.75) is 39.0 Å². The van der Waals surface area contributed by atoms with Crippen molar-refractivity contribution in [1.29, 1.82) is 0 Å². The first-order valence-corrected chi connectivity index (χ1v) is 8.65. The molecule has 1 amide bonds. The molecule has 6 heteroatoms. The van der Waals surface area contributed by atoms with Crippen LogP contribution >= 0.6 is 0 Å². The zero-order valence-corrected chi connectivity index (χ0v) is 14.8. The molecule has 1 unspecified atom stereocenters. The molecule has 0 aliphatic heterocycles. The van der Waals surface area contributed by atoms with Gasteiger partial charge in [-0.2, -0.15) is 0 Å². The van der Waals surface area contributed by atoms with Gasteiger partial charge in [-0.1, -0.05) is 12.1 Å². The average molecular weight is 353 g/mol. The number of furan rings is 1. The van der Waals surface area contributed by atoms with Gasteiger partial charge in [0.15, 0.2) is 0 Å². The number of rotatable bonds is 9. The van der Waals surface area contributed by atoms with Crippen molar-refractivity contribution in [3.05, 3.63) is 72.7 Å². The normalized spacial score (nSPS) is 12.0. The molecule has 136 valence electrons. The molecule has 1 atom stereocenters. The number of nitrogens with zero attached hydrogens (tertiary/aromatic N) is 2. The Hall–Kier alpha value is -2.86. The maximum atomic E-state index is 11.1. The molecule has 0 radical (unpaired) electrons. The summed E-state index contributed by atoms with van der Waals surface area (Å²) in [5.41, 5.74) is 1.85. The van der Waals surface area contributed by atoms with Gasteiger partial charge in [-0.25, -0.2) is 4.98 Å². The van der Waals surface area contributed by atoms with Crippen LogP contribution in [0, 0.1) is 0 Å². The lowest BCUT2D eigenvalue weighted by Gasteiger charge is -2.18. The van der Waals surface area contributed by atoms with Crippen LogP contribution < -0.4 is 5.32 Å². The lowest BCUT2D eigenvalue weighted by molar-refractivity contribution is -0.114. The number of hydrogen-bond donors (Lipinski definition) is 1. The number of anilines is 1. The van der Waals surface area contributed by atoms with Gasteiger partial charge in [0.05, 0.1) is 25.3 Å². The minimum atomic E-state index is -0.0766. The highest BCUT2D eigenvalue weighted by Crippen LogP contribution is 2.15. The summed E-state index contributed by atoms with van der Waals surface area (Å²) >= 11 is 0. The maximum absolute atomic E-state index is 11.1. The van der Waals surface area contributed by atoms with Gasteiger partial charge in [0, 0.05) is 38.0 Å². The van der Waals surface area contributed by atoms with E-state index in [1.54, 1.807) is 18.8 Å². The molecule has 0 bridgehead atoms. The van der Waals surface area contributed by atoms with Crippen LogP contribution in [0.4, 0.5) is 5.69 Å². The summed E-state index contributed by atoms with van der Waals surface area (Å²) in [4.78, 5) is 15.2. The van der Waals surface area contributed by atoms with Crippen molar-refractivity contribution >= 4 is 11.6 Å². The number of benzene rings is 1. The van der Waals surface area contributed by atoms with Gasteiger partial charge in [-0.3, -0.25) is 4.79 Å². The van der Waals surface area contributed by atoms with Crippen molar-refractivity contribution in [3.63, 3.8) is 0 Å². The van der Waals surface area contributed by atoms with Crippen LogP contribution in [0.3, 0.4) is 0 Å². The Labute approximate surface area is 152 Å². The minimum absolute atomic E-state index is 0.0457. The van der Waals surface area contributed by atoms with E-state index in [2.05, 4.69) is 10.3 Å².